The second kappa shape index (κ2) is 9.13. The molecule has 0 saturated carbocycles. The lowest BCUT2D eigenvalue weighted by atomic mass is 9.95. The third-order valence-electron chi connectivity index (χ3n) is 5.06. The van der Waals surface area contributed by atoms with E-state index in [9.17, 15) is 22.8 Å². The summed E-state index contributed by atoms with van der Waals surface area (Å²) in [5.41, 5.74) is 1.07. The summed E-state index contributed by atoms with van der Waals surface area (Å²) in [6.45, 7) is 4.14. The zero-order valence-electron chi connectivity index (χ0n) is 17.0. The molecule has 1 aromatic carbocycles. The number of nitrogens with one attached hydrogen (secondary N) is 2. The summed E-state index contributed by atoms with van der Waals surface area (Å²) in [5, 5.41) is 5.50. The maximum atomic E-state index is 12.8. The number of aryl methyl sites for hydroxylation is 1. The number of carbonyl (C=O) groups excluding carboxylic acids is 2. The Labute approximate surface area is 182 Å². The smallest absolute Gasteiger partial charge is 0.355 e. The van der Waals surface area contributed by atoms with E-state index in [-0.39, 0.29) is 28.6 Å². The van der Waals surface area contributed by atoms with Crippen LogP contribution >= 0.6 is 11.6 Å². The zero-order valence-corrected chi connectivity index (χ0v) is 17.8. The second-order valence-electron chi connectivity index (χ2n) is 7.51. The van der Waals surface area contributed by atoms with Crippen LogP contribution in [-0.4, -0.2) is 29.9 Å². The van der Waals surface area contributed by atoms with Crippen LogP contribution in [0.25, 0.3) is 0 Å². The Morgan fingerprint density at radius 2 is 1.81 bits per heavy atom. The number of benzene rings is 1. The van der Waals surface area contributed by atoms with Gasteiger partial charge < -0.3 is 15.5 Å². The quantitative estimate of drug-likeness (QED) is 0.690. The molecule has 1 aromatic heterocycles. The lowest BCUT2D eigenvalue weighted by Gasteiger charge is -2.32. The number of anilines is 3. The van der Waals surface area contributed by atoms with Gasteiger partial charge >= 0.3 is 6.18 Å². The molecule has 2 aromatic rings. The van der Waals surface area contributed by atoms with Crippen LogP contribution in [0.15, 0.2) is 30.5 Å². The molecule has 166 valence electrons. The van der Waals surface area contributed by atoms with Gasteiger partial charge in [0.25, 0.3) is 0 Å². The summed E-state index contributed by atoms with van der Waals surface area (Å²) in [6, 6.07) is 6.21. The molecule has 1 saturated heterocycles. The van der Waals surface area contributed by atoms with Gasteiger partial charge in [0.1, 0.15) is 5.82 Å². The van der Waals surface area contributed by atoms with Crippen molar-refractivity contribution in [3.8, 4) is 0 Å². The summed E-state index contributed by atoms with van der Waals surface area (Å²) < 4.78 is 38.4. The number of amides is 2. The van der Waals surface area contributed by atoms with Crippen molar-refractivity contribution >= 4 is 40.6 Å². The highest BCUT2D eigenvalue weighted by atomic mass is 35.5. The highest BCUT2D eigenvalue weighted by Gasteiger charge is 2.33. The Kier molecular flexibility index (Phi) is 6.74. The third kappa shape index (κ3) is 5.66. The third-order valence-corrected chi connectivity index (χ3v) is 5.34. The number of rotatable bonds is 4. The van der Waals surface area contributed by atoms with Gasteiger partial charge in [-0.3, -0.25) is 9.59 Å². The van der Waals surface area contributed by atoms with Gasteiger partial charge in [0, 0.05) is 32.1 Å². The monoisotopic (exact) mass is 454 g/mol. The summed E-state index contributed by atoms with van der Waals surface area (Å²) >= 11 is 6.03. The van der Waals surface area contributed by atoms with Crippen LogP contribution in [0.1, 0.15) is 30.9 Å². The fourth-order valence-corrected chi connectivity index (χ4v) is 3.75. The minimum atomic E-state index is -4.51. The molecule has 1 aliphatic heterocycles. The molecule has 3 rings (SSSR count). The van der Waals surface area contributed by atoms with Crippen molar-refractivity contribution in [2.24, 2.45) is 5.92 Å². The first-order valence-corrected chi connectivity index (χ1v) is 10.1. The number of hydrogen-bond donors (Lipinski definition) is 2. The van der Waals surface area contributed by atoms with Crippen LogP contribution in [-0.2, 0) is 15.8 Å². The van der Waals surface area contributed by atoms with Crippen molar-refractivity contribution in [1.82, 2.24) is 4.98 Å². The molecule has 31 heavy (non-hydrogen) atoms. The summed E-state index contributed by atoms with van der Waals surface area (Å²) in [6.07, 6.45) is -2.76. The van der Waals surface area contributed by atoms with Gasteiger partial charge in [0.05, 0.1) is 22.0 Å². The Bertz CT molecular complexity index is 989. The van der Waals surface area contributed by atoms with E-state index in [4.69, 9.17) is 11.6 Å². The molecule has 6 nitrogen and oxygen atoms in total. The van der Waals surface area contributed by atoms with E-state index in [0.717, 1.165) is 17.8 Å². The first kappa shape index (κ1) is 22.9. The molecule has 2 heterocycles. The van der Waals surface area contributed by atoms with Crippen LogP contribution < -0.4 is 15.5 Å². The number of hydrogen-bond acceptors (Lipinski definition) is 4. The Morgan fingerprint density at radius 3 is 2.39 bits per heavy atom. The maximum Gasteiger partial charge on any atom is 0.417 e. The minimum Gasteiger partial charge on any atom is -0.355 e. The van der Waals surface area contributed by atoms with Crippen molar-refractivity contribution in [3.63, 3.8) is 0 Å². The van der Waals surface area contributed by atoms with Crippen molar-refractivity contribution in [3.05, 3.63) is 46.6 Å². The van der Waals surface area contributed by atoms with Crippen LogP contribution in [0.5, 0.6) is 0 Å². The average molecular weight is 455 g/mol. The second-order valence-corrected chi connectivity index (χ2v) is 7.92. The van der Waals surface area contributed by atoms with Crippen molar-refractivity contribution in [2.45, 2.75) is 32.9 Å². The molecule has 0 spiro atoms. The predicted molar refractivity (Wildman–Crippen MR) is 113 cm³/mol. The summed E-state index contributed by atoms with van der Waals surface area (Å²) in [5.74, 6) is -0.424. The normalized spacial score (nSPS) is 15.0. The summed E-state index contributed by atoms with van der Waals surface area (Å²) in [4.78, 5) is 29.8. The van der Waals surface area contributed by atoms with E-state index in [1.165, 1.54) is 6.92 Å². The fraction of sp³-hybridized carbons (Fsp3) is 0.381. The molecule has 0 bridgehead atoms. The molecule has 1 aliphatic rings. The van der Waals surface area contributed by atoms with Gasteiger partial charge in [0.15, 0.2) is 0 Å². The van der Waals surface area contributed by atoms with Crippen molar-refractivity contribution in [2.75, 3.05) is 28.6 Å². The number of pyridine rings is 1. The Morgan fingerprint density at radius 1 is 1.13 bits per heavy atom. The van der Waals surface area contributed by atoms with Gasteiger partial charge in [0.2, 0.25) is 11.8 Å². The molecule has 0 atom stereocenters. The number of alkyl halides is 3. The largest absolute Gasteiger partial charge is 0.417 e. The van der Waals surface area contributed by atoms with E-state index in [1.54, 1.807) is 17.0 Å². The molecular weight excluding hydrogens is 433 g/mol. The molecule has 0 radical (unpaired) electrons. The number of nitrogens with zero attached hydrogens (tertiary/aromatic N) is 2. The predicted octanol–water partition coefficient (Wildman–Crippen LogP) is 4.88. The molecular formula is C21H22ClF3N4O2. The van der Waals surface area contributed by atoms with Crippen LogP contribution in [0.4, 0.5) is 30.4 Å². The van der Waals surface area contributed by atoms with Gasteiger partial charge in [-0.1, -0.05) is 17.7 Å². The highest BCUT2D eigenvalue weighted by molar-refractivity contribution is 6.33. The molecule has 0 aliphatic carbocycles. The van der Waals surface area contributed by atoms with Gasteiger partial charge in [-0.25, -0.2) is 4.98 Å². The van der Waals surface area contributed by atoms with Gasteiger partial charge in [-0.05, 0) is 43.5 Å². The molecule has 10 heteroatoms. The van der Waals surface area contributed by atoms with Crippen LogP contribution in [0, 0.1) is 12.8 Å². The highest BCUT2D eigenvalue weighted by Crippen LogP contribution is 2.35. The zero-order chi connectivity index (χ0) is 22.8. The SMILES string of the molecule is CC(=O)Nc1ccc(C)cc1NC(=O)C1CCN(c2ncc(C(F)(F)F)cc2Cl)CC1. The molecule has 2 amide bonds. The molecule has 2 N–H and O–H groups in total. The van der Waals surface area contributed by atoms with Crippen molar-refractivity contribution in [1.29, 1.82) is 0 Å². The number of piperidine rings is 1. The lowest BCUT2D eigenvalue weighted by Crippen LogP contribution is -2.38. The van der Waals surface area contributed by atoms with E-state index in [1.807, 2.05) is 13.0 Å². The van der Waals surface area contributed by atoms with Crippen LogP contribution in [0.3, 0.4) is 0 Å². The standard InChI is InChI=1S/C21H22ClF3N4O2/c1-12-3-4-17(27-13(2)30)18(9-12)28-20(31)14-5-7-29(8-6-14)19-16(22)10-15(11-26-19)21(23,24)25/h3-4,9-11,14H,5-8H2,1-2H3,(H,27,30)(H,28,31). The Balaban J connectivity index is 1.65. The van der Waals surface area contributed by atoms with Gasteiger partial charge in [-0.2, -0.15) is 13.2 Å². The topological polar surface area (TPSA) is 74.3 Å². The number of aromatic nitrogens is 1. The minimum absolute atomic E-state index is 0.0718. The molecule has 1 fully saturated rings. The maximum absolute atomic E-state index is 12.8. The molecule has 0 unspecified atom stereocenters. The van der Waals surface area contributed by atoms with E-state index < -0.39 is 11.7 Å². The first-order valence-electron chi connectivity index (χ1n) is 9.71. The van der Waals surface area contributed by atoms with Gasteiger partial charge in [-0.15, -0.1) is 0 Å². The lowest BCUT2D eigenvalue weighted by molar-refractivity contribution is -0.137. The first-order chi connectivity index (χ1) is 14.5. The van der Waals surface area contributed by atoms with E-state index in [2.05, 4.69) is 15.6 Å². The number of halogens is 4. The number of carbonyl (C=O) groups is 2. The van der Waals surface area contributed by atoms with Crippen molar-refractivity contribution < 1.29 is 22.8 Å². The summed E-state index contributed by atoms with van der Waals surface area (Å²) in [7, 11) is 0. The Hall–Kier alpha value is -2.81. The fourth-order valence-electron chi connectivity index (χ4n) is 3.47. The average Bonchev–Trinajstić information content (AvgIpc) is 2.69. The van der Waals surface area contributed by atoms with E-state index in [0.29, 0.717) is 37.3 Å². The van der Waals surface area contributed by atoms with Crippen LogP contribution in [0.2, 0.25) is 5.02 Å². The van der Waals surface area contributed by atoms with E-state index >= 15 is 0 Å².